The number of fused-ring (bicyclic) bond motifs is 1. The Hall–Kier alpha value is -2.63. The molecule has 0 spiro atoms. The molecule has 13 nitrogen and oxygen atoms in total. The van der Waals surface area contributed by atoms with Gasteiger partial charge in [-0.05, 0) is 10.7 Å². The molecule has 2 aromatic heterocycles. The molecule has 0 aromatic carbocycles. The van der Waals surface area contributed by atoms with Crippen molar-refractivity contribution < 1.29 is 19.5 Å². The zero-order valence-corrected chi connectivity index (χ0v) is 18.5. The minimum absolute atomic E-state index is 0.0698. The highest BCUT2D eigenvalue weighted by Crippen LogP contribution is 2.41. The molecule has 4 rings (SSSR count). The first kappa shape index (κ1) is 21.6. The fourth-order valence-corrected chi connectivity index (χ4v) is 6.41. The molecule has 2 aliphatic heterocycles. The Labute approximate surface area is 190 Å². The lowest BCUT2D eigenvalue weighted by atomic mass is 10.0. The molecule has 2 aliphatic rings. The first-order chi connectivity index (χ1) is 14.9. The highest BCUT2D eigenvalue weighted by molar-refractivity contribution is 8.01. The lowest BCUT2D eigenvalue weighted by Crippen LogP contribution is -2.70. The number of carbonyl (C=O) groups excluding carboxylic acids is 2. The second kappa shape index (κ2) is 8.85. The minimum Gasteiger partial charge on any atom is -0.477 e. The average molecular weight is 501 g/mol. The van der Waals surface area contributed by atoms with Gasteiger partial charge >= 0.3 is 5.97 Å². The maximum Gasteiger partial charge on any atom is 0.352 e. The maximum absolute atomic E-state index is 12.7. The number of nitrogen functional groups attached to an aromatic ring is 1. The van der Waals surface area contributed by atoms with E-state index in [1.54, 1.807) is 5.51 Å². The summed E-state index contributed by atoms with van der Waals surface area (Å²) in [6, 6.07) is -2.55. The number of nitrogens with two attached hydrogens (primary N) is 1. The smallest absolute Gasteiger partial charge is 0.352 e. The number of aliphatic carboxylic acids is 1. The average Bonchev–Trinajstić information content (AvgIpc) is 3.42. The van der Waals surface area contributed by atoms with Gasteiger partial charge in [-0.1, -0.05) is 23.1 Å². The number of nitrogens with one attached hydrogen (secondary N) is 1. The van der Waals surface area contributed by atoms with E-state index in [4.69, 9.17) is 5.73 Å². The van der Waals surface area contributed by atoms with Crippen LogP contribution in [-0.4, -0.2) is 70.3 Å². The van der Waals surface area contributed by atoms with Gasteiger partial charge in [-0.15, -0.1) is 26.9 Å². The van der Waals surface area contributed by atoms with Crippen molar-refractivity contribution in [3.8, 4) is 0 Å². The van der Waals surface area contributed by atoms with E-state index in [2.05, 4.69) is 30.0 Å². The number of thioether (sulfide) groups is 2. The van der Waals surface area contributed by atoms with Gasteiger partial charge in [-0.25, -0.2) is 9.78 Å². The summed E-state index contributed by atoms with van der Waals surface area (Å²) in [6.45, 7) is 0. The third kappa shape index (κ3) is 4.12. The largest absolute Gasteiger partial charge is 0.477 e. The SMILES string of the molecule is Nc1nc(C(N=O)C(=O)NC2C(=O)N3C(C(=O)O)=C(CSc4nncs4)CS[C@@H]23)ns1. The molecular formula is C14H12N8O5S4. The molecule has 0 radical (unpaired) electrons. The van der Waals surface area contributed by atoms with Crippen molar-refractivity contribution in [2.45, 2.75) is 21.8 Å². The quantitative estimate of drug-likeness (QED) is 0.255. The Kier molecular flexibility index (Phi) is 6.17. The van der Waals surface area contributed by atoms with Gasteiger partial charge in [0, 0.05) is 23.0 Å². The Morgan fingerprint density at radius 2 is 2.29 bits per heavy atom. The molecule has 3 atom stereocenters. The van der Waals surface area contributed by atoms with Crippen molar-refractivity contribution in [1.29, 1.82) is 0 Å². The van der Waals surface area contributed by atoms with E-state index in [9.17, 15) is 24.4 Å². The van der Waals surface area contributed by atoms with Crippen LogP contribution < -0.4 is 11.1 Å². The van der Waals surface area contributed by atoms with Gasteiger partial charge in [0.15, 0.2) is 15.3 Å². The zero-order valence-electron chi connectivity index (χ0n) is 15.2. The predicted octanol–water partition coefficient (Wildman–Crippen LogP) is 0.310. The number of aromatic nitrogens is 4. The van der Waals surface area contributed by atoms with E-state index in [1.165, 1.54) is 34.9 Å². The summed E-state index contributed by atoms with van der Waals surface area (Å²) in [5.41, 5.74) is 7.51. The molecule has 17 heteroatoms. The number of carboxylic acid groups (broad SMARTS) is 1. The van der Waals surface area contributed by atoms with Crippen molar-refractivity contribution >= 4 is 69.3 Å². The fraction of sp³-hybridized carbons (Fsp3) is 0.357. The molecule has 2 aromatic rings. The summed E-state index contributed by atoms with van der Waals surface area (Å²) in [7, 11) is 0. The van der Waals surface area contributed by atoms with Crippen molar-refractivity contribution in [2.75, 3.05) is 17.2 Å². The van der Waals surface area contributed by atoms with Gasteiger partial charge in [-0.2, -0.15) is 4.37 Å². The predicted molar refractivity (Wildman–Crippen MR) is 113 cm³/mol. The van der Waals surface area contributed by atoms with Gasteiger partial charge in [0.05, 0.1) is 0 Å². The standard InChI is InChI=1S/C14H12N8O5S4/c15-13-18-8(21-31-13)5(20-27)9(23)17-6-10(24)22-7(12(25)26)4(1-28-11(6)22)2-29-14-19-16-3-30-14/h3,5-6,11H,1-2H2,(H,17,23)(H,25,26)(H2,15,18,21)/t5?,6?,11-/m0/s1. The number of carbonyl (C=O) groups is 3. The van der Waals surface area contributed by atoms with Gasteiger partial charge in [-0.3, -0.25) is 14.5 Å². The first-order valence-corrected chi connectivity index (χ1v) is 12.1. The third-order valence-electron chi connectivity index (χ3n) is 4.31. The van der Waals surface area contributed by atoms with Crippen molar-refractivity contribution in [3.05, 3.63) is 27.5 Å². The first-order valence-electron chi connectivity index (χ1n) is 8.41. The van der Waals surface area contributed by atoms with Crippen LogP contribution in [0.5, 0.6) is 0 Å². The van der Waals surface area contributed by atoms with Crippen LogP contribution in [0.4, 0.5) is 5.13 Å². The molecule has 4 heterocycles. The number of amides is 2. The van der Waals surface area contributed by atoms with Crippen LogP contribution in [0, 0.1) is 4.91 Å². The zero-order chi connectivity index (χ0) is 22.1. The van der Waals surface area contributed by atoms with Gasteiger partial charge in [0.25, 0.3) is 11.8 Å². The topological polar surface area (TPSA) is 194 Å². The fourth-order valence-electron chi connectivity index (χ4n) is 2.97. The number of hydrogen-bond donors (Lipinski definition) is 3. The summed E-state index contributed by atoms with van der Waals surface area (Å²) in [5.74, 6) is -2.14. The van der Waals surface area contributed by atoms with Crippen LogP contribution >= 0.6 is 46.4 Å². The molecule has 31 heavy (non-hydrogen) atoms. The molecular weight excluding hydrogens is 488 g/mol. The van der Waals surface area contributed by atoms with Crippen LogP contribution in [0.2, 0.25) is 0 Å². The molecule has 0 bridgehead atoms. The maximum atomic E-state index is 12.7. The molecule has 2 unspecified atom stereocenters. The lowest BCUT2D eigenvalue weighted by molar-refractivity contribution is -0.150. The van der Waals surface area contributed by atoms with E-state index in [1.807, 2.05) is 0 Å². The second-order valence-electron chi connectivity index (χ2n) is 6.15. The minimum atomic E-state index is -1.56. The second-order valence-corrected chi connectivity index (χ2v) is 10.1. The summed E-state index contributed by atoms with van der Waals surface area (Å²) < 4.78 is 4.49. The lowest BCUT2D eigenvalue weighted by Gasteiger charge is -2.49. The van der Waals surface area contributed by atoms with Crippen molar-refractivity contribution in [3.63, 3.8) is 0 Å². The van der Waals surface area contributed by atoms with Crippen LogP contribution in [0.15, 0.2) is 26.3 Å². The summed E-state index contributed by atoms with van der Waals surface area (Å²) >= 11 is 4.79. The normalized spacial score (nSPS) is 21.3. The Bertz CT molecular complexity index is 1070. The van der Waals surface area contributed by atoms with E-state index < -0.39 is 35.2 Å². The number of β-lactam (4-membered cyclic amide) rings is 1. The number of nitroso groups, excluding NO2 is 1. The number of rotatable bonds is 8. The Morgan fingerprint density at radius 1 is 1.48 bits per heavy atom. The van der Waals surface area contributed by atoms with Crippen LogP contribution in [0.3, 0.4) is 0 Å². The van der Waals surface area contributed by atoms with E-state index in [-0.39, 0.29) is 16.7 Å². The molecule has 2 amide bonds. The molecule has 4 N–H and O–H groups in total. The molecule has 1 fully saturated rings. The van der Waals surface area contributed by atoms with E-state index in [0.29, 0.717) is 21.4 Å². The number of anilines is 1. The molecule has 0 saturated carbocycles. The van der Waals surface area contributed by atoms with Crippen LogP contribution in [0.1, 0.15) is 11.9 Å². The Balaban J connectivity index is 1.47. The van der Waals surface area contributed by atoms with Crippen molar-refractivity contribution in [1.82, 2.24) is 29.8 Å². The van der Waals surface area contributed by atoms with E-state index in [0.717, 1.165) is 16.4 Å². The monoisotopic (exact) mass is 500 g/mol. The highest BCUT2D eigenvalue weighted by Gasteiger charge is 2.54. The van der Waals surface area contributed by atoms with E-state index >= 15 is 0 Å². The van der Waals surface area contributed by atoms with Gasteiger partial charge < -0.3 is 16.2 Å². The van der Waals surface area contributed by atoms with Gasteiger partial charge in [0.1, 0.15) is 22.6 Å². The highest BCUT2D eigenvalue weighted by atomic mass is 32.2. The summed E-state index contributed by atoms with van der Waals surface area (Å²) in [5, 5.41) is 22.0. The molecule has 1 saturated heterocycles. The van der Waals surface area contributed by atoms with Crippen molar-refractivity contribution in [2.24, 2.45) is 5.18 Å². The van der Waals surface area contributed by atoms with Crippen LogP contribution in [0.25, 0.3) is 0 Å². The number of nitrogens with zero attached hydrogens (tertiary/aromatic N) is 6. The van der Waals surface area contributed by atoms with Gasteiger partial charge in [0.2, 0.25) is 6.04 Å². The summed E-state index contributed by atoms with van der Waals surface area (Å²) in [4.78, 5) is 53.1. The number of carboxylic acids is 1. The van der Waals surface area contributed by atoms with Crippen LogP contribution in [-0.2, 0) is 14.4 Å². The molecule has 0 aliphatic carbocycles. The Morgan fingerprint density at radius 3 is 2.90 bits per heavy atom. The number of hydrogen-bond acceptors (Lipinski definition) is 14. The molecule has 162 valence electrons. The third-order valence-corrected chi connectivity index (χ3v) is 8.16. The summed E-state index contributed by atoms with van der Waals surface area (Å²) in [6.07, 6.45) is 0.